The summed E-state index contributed by atoms with van der Waals surface area (Å²) in [4.78, 5) is 12.3. The van der Waals surface area contributed by atoms with Crippen LogP contribution in [0.3, 0.4) is 0 Å². The fourth-order valence-electron chi connectivity index (χ4n) is 4.79. The second-order valence-corrected chi connectivity index (χ2v) is 8.83. The van der Waals surface area contributed by atoms with Crippen molar-refractivity contribution >= 4 is 11.6 Å². The molecule has 5 heteroatoms. The van der Waals surface area contributed by atoms with Crippen molar-refractivity contribution in [2.75, 3.05) is 6.54 Å². The minimum Gasteiger partial charge on any atom is -0.379 e. The lowest BCUT2D eigenvalue weighted by molar-refractivity contribution is -0.117. The quantitative estimate of drug-likeness (QED) is 0.289. The van der Waals surface area contributed by atoms with Crippen LogP contribution in [0.1, 0.15) is 75.8 Å². The molecule has 0 spiro atoms. The predicted molar refractivity (Wildman–Crippen MR) is 126 cm³/mol. The van der Waals surface area contributed by atoms with E-state index < -0.39 is 0 Å². The Kier molecular flexibility index (Phi) is 8.17. The third kappa shape index (κ3) is 6.13. The molecule has 0 saturated heterocycles. The highest BCUT2D eigenvalue weighted by atomic mass is 16.2. The number of nitrogens with one attached hydrogen (secondary N) is 3. The molecular formula is C26H36N4O. The van der Waals surface area contributed by atoms with Crippen LogP contribution >= 0.6 is 0 Å². The number of hydrogen-bond donors (Lipinski definition) is 3. The molecule has 2 aliphatic carbocycles. The van der Waals surface area contributed by atoms with Gasteiger partial charge in [0.15, 0.2) is 0 Å². The van der Waals surface area contributed by atoms with Gasteiger partial charge in [0, 0.05) is 23.3 Å². The molecule has 166 valence electrons. The number of carbonyl (C=O) groups excluding carboxylic acids is 1. The Bertz CT molecular complexity index is 839. The lowest BCUT2D eigenvalue weighted by Crippen LogP contribution is -2.37. The number of allylic oxidation sites excluding steroid dienone is 1. The van der Waals surface area contributed by atoms with Crippen LogP contribution in [0.15, 0.2) is 42.6 Å². The Hall–Kier alpha value is -2.74. The van der Waals surface area contributed by atoms with Gasteiger partial charge in [-0.1, -0.05) is 69.5 Å². The summed E-state index contributed by atoms with van der Waals surface area (Å²) in [6.07, 6.45) is 13.2. The van der Waals surface area contributed by atoms with Gasteiger partial charge in [-0.25, -0.2) is 0 Å². The first-order valence-electron chi connectivity index (χ1n) is 11.7. The SMILES string of the molecule is C=C(NC1(C2CCCCCC2)CC1)c1ccccc1CN/C(=C/CC)C(=O)NCC#N. The fraction of sp³-hybridized carbons (Fsp3) is 0.538. The number of nitrogens with zero attached hydrogens (tertiary/aromatic N) is 1. The predicted octanol–water partition coefficient (Wildman–Crippen LogP) is 4.77. The van der Waals surface area contributed by atoms with Gasteiger partial charge in [0.25, 0.3) is 5.91 Å². The molecule has 1 aromatic rings. The first-order chi connectivity index (χ1) is 15.1. The van der Waals surface area contributed by atoms with E-state index in [2.05, 4.69) is 34.7 Å². The van der Waals surface area contributed by atoms with Crippen molar-refractivity contribution in [2.45, 2.75) is 76.8 Å². The first-order valence-corrected chi connectivity index (χ1v) is 11.7. The third-order valence-corrected chi connectivity index (χ3v) is 6.62. The number of amides is 1. The maximum absolute atomic E-state index is 12.3. The molecule has 2 saturated carbocycles. The van der Waals surface area contributed by atoms with Gasteiger partial charge in [-0.3, -0.25) is 4.79 Å². The molecule has 2 fully saturated rings. The molecule has 2 aliphatic rings. The van der Waals surface area contributed by atoms with Gasteiger partial charge < -0.3 is 16.0 Å². The largest absolute Gasteiger partial charge is 0.379 e. The Morgan fingerprint density at radius 3 is 2.55 bits per heavy atom. The maximum atomic E-state index is 12.3. The molecule has 0 heterocycles. The van der Waals surface area contributed by atoms with Crippen LogP contribution in [0.25, 0.3) is 5.70 Å². The van der Waals surface area contributed by atoms with E-state index in [0.717, 1.165) is 29.2 Å². The van der Waals surface area contributed by atoms with E-state index in [9.17, 15) is 4.79 Å². The zero-order chi connectivity index (χ0) is 22.1. The van der Waals surface area contributed by atoms with Crippen molar-refractivity contribution in [3.8, 4) is 6.07 Å². The van der Waals surface area contributed by atoms with Crippen molar-refractivity contribution in [3.05, 3.63) is 53.7 Å². The molecule has 0 unspecified atom stereocenters. The molecule has 0 radical (unpaired) electrons. The van der Waals surface area contributed by atoms with Crippen molar-refractivity contribution in [2.24, 2.45) is 5.92 Å². The number of benzene rings is 1. The molecule has 0 atom stereocenters. The van der Waals surface area contributed by atoms with Crippen LogP contribution in [0, 0.1) is 17.2 Å². The highest BCUT2D eigenvalue weighted by molar-refractivity contribution is 5.92. The van der Waals surface area contributed by atoms with Gasteiger partial charge in [0.1, 0.15) is 6.54 Å². The zero-order valence-corrected chi connectivity index (χ0v) is 18.8. The molecular weight excluding hydrogens is 384 g/mol. The number of nitriles is 1. The summed E-state index contributed by atoms with van der Waals surface area (Å²) in [6.45, 7) is 6.92. The summed E-state index contributed by atoms with van der Waals surface area (Å²) in [5, 5.41) is 18.4. The molecule has 31 heavy (non-hydrogen) atoms. The maximum Gasteiger partial charge on any atom is 0.267 e. The normalized spacial score (nSPS) is 18.4. The fourth-order valence-corrected chi connectivity index (χ4v) is 4.79. The van der Waals surface area contributed by atoms with Gasteiger partial charge >= 0.3 is 0 Å². The van der Waals surface area contributed by atoms with E-state index in [-0.39, 0.29) is 18.0 Å². The topological polar surface area (TPSA) is 76.9 Å². The van der Waals surface area contributed by atoms with Crippen molar-refractivity contribution in [1.82, 2.24) is 16.0 Å². The minimum absolute atomic E-state index is 0.00211. The van der Waals surface area contributed by atoms with E-state index in [1.54, 1.807) is 0 Å². The van der Waals surface area contributed by atoms with Gasteiger partial charge in [-0.05, 0) is 43.6 Å². The van der Waals surface area contributed by atoms with Crippen LogP contribution in [0.5, 0.6) is 0 Å². The van der Waals surface area contributed by atoms with Crippen molar-refractivity contribution < 1.29 is 4.79 Å². The smallest absolute Gasteiger partial charge is 0.267 e. The van der Waals surface area contributed by atoms with Gasteiger partial charge in [0.05, 0.1) is 11.8 Å². The lowest BCUT2D eigenvalue weighted by atomic mass is 9.89. The summed E-state index contributed by atoms with van der Waals surface area (Å²) < 4.78 is 0. The first kappa shape index (κ1) is 22.9. The van der Waals surface area contributed by atoms with Crippen LogP contribution < -0.4 is 16.0 Å². The zero-order valence-electron chi connectivity index (χ0n) is 18.8. The standard InChI is InChI=1S/C26H36N4O/c1-3-10-24(25(31)28-18-17-27)29-19-21-11-8-9-14-23(21)20(2)30-26(15-16-26)22-12-6-4-5-7-13-22/h8-11,14,22,29-30H,2-7,12-13,15-16,18-19H2,1H3,(H,28,31)/b24-10+. The molecule has 1 amide bonds. The Morgan fingerprint density at radius 2 is 1.90 bits per heavy atom. The number of carbonyl (C=O) groups is 1. The Labute approximate surface area is 187 Å². The van der Waals surface area contributed by atoms with Gasteiger partial charge in [0.2, 0.25) is 0 Å². The van der Waals surface area contributed by atoms with Crippen LogP contribution in [-0.4, -0.2) is 18.0 Å². The minimum atomic E-state index is -0.247. The van der Waals surface area contributed by atoms with Crippen LogP contribution in [-0.2, 0) is 11.3 Å². The Morgan fingerprint density at radius 1 is 1.19 bits per heavy atom. The number of rotatable bonds is 10. The summed E-state index contributed by atoms with van der Waals surface area (Å²) in [5.74, 6) is 0.503. The van der Waals surface area contributed by atoms with E-state index >= 15 is 0 Å². The second-order valence-electron chi connectivity index (χ2n) is 8.83. The number of hydrogen-bond acceptors (Lipinski definition) is 4. The summed E-state index contributed by atoms with van der Waals surface area (Å²) in [5.41, 5.74) is 3.92. The van der Waals surface area contributed by atoms with E-state index in [0.29, 0.717) is 12.2 Å². The van der Waals surface area contributed by atoms with Gasteiger partial charge in [-0.2, -0.15) is 5.26 Å². The molecule has 3 N–H and O–H groups in total. The van der Waals surface area contributed by atoms with Crippen LogP contribution in [0.4, 0.5) is 0 Å². The summed E-state index contributed by atoms with van der Waals surface area (Å²) in [7, 11) is 0. The summed E-state index contributed by atoms with van der Waals surface area (Å²) in [6, 6.07) is 10.2. The second kappa shape index (κ2) is 11.0. The molecule has 1 aromatic carbocycles. The molecule has 3 rings (SSSR count). The van der Waals surface area contributed by atoms with E-state index in [1.807, 2.05) is 31.2 Å². The monoisotopic (exact) mass is 420 g/mol. The molecule has 5 nitrogen and oxygen atoms in total. The highest BCUT2D eigenvalue weighted by Crippen LogP contribution is 2.48. The molecule has 0 aliphatic heterocycles. The van der Waals surface area contributed by atoms with Crippen LogP contribution in [0.2, 0.25) is 0 Å². The van der Waals surface area contributed by atoms with E-state index in [1.165, 1.54) is 51.4 Å². The third-order valence-electron chi connectivity index (χ3n) is 6.62. The average molecular weight is 421 g/mol. The van der Waals surface area contributed by atoms with E-state index in [4.69, 9.17) is 5.26 Å². The van der Waals surface area contributed by atoms with Crippen molar-refractivity contribution in [1.29, 1.82) is 5.26 Å². The Balaban J connectivity index is 1.67. The summed E-state index contributed by atoms with van der Waals surface area (Å²) >= 11 is 0. The molecule has 0 aromatic heterocycles. The lowest BCUT2D eigenvalue weighted by Gasteiger charge is -2.30. The highest BCUT2D eigenvalue weighted by Gasteiger charge is 2.49. The molecule has 0 bridgehead atoms. The average Bonchev–Trinajstić information content (AvgIpc) is 3.59. The van der Waals surface area contributed by atoms with Gasteiger partial charge in [-0.15, -0.1) is 0 Å². The van der Waals surface area contributed by atoms with Crippen molar-refractivity contribution in [3.63, 3.8) is 0 Å².